The number of anilines is 1. The highest BCUT2D eigenvalue weighted by molar-refractivity contribution is 5.87. The largest absolute Gasteiger partial charge is 0.355 e. The highest BCUT2D eigenvalue weighted by Crippen LogP contribution is 2.29. The van der Waals surface area contributed by atoms with Crippen molar-refractivity contribution in [3.05, 3.63) is 46.9 Å². The maximum absolute atomic E-state index is 4.92. The summed E-state index contributed by atoms with van der Waals surface area (Å²) in [6.07, 6.45) is 1.87. The van der Waals surface area contributed by atoms with Gasteiger partial charge >= 0.3 is 0 Å². The smallest absolute Gasteiger partial charge is 0.163 e. The average molecular weight is 364 g/mol. The predicted molar refractivity (Wildman–Crippen MR) is 109 cm³/mol. The number of fused-ring (bicyclic) bond motifs is 2. The van der Waals surface area contributed by atoms with E-state index in [1.165, 1.54) is 16.7 Å². The number of benzene rings is 1. The summed E-state index contributed by atoms with van der Waals surface area (Å²) in [6.45, 7) is 9.31. The van der Waals surface area contributed by atoms with Gasteiger partial charge in [-0.25, -0.2) is 9.97 Å². The third-order valence-electron chi connectivity index (χ3n) is 5.18. The van der Waals surface area contributed by atoms with E-state index in [-0.39, 0.29) is 5.41 Å². The van der Waals surface area contributed by atoms with Crippen LogP contribution in [0.5, 0.6) is 0 Å². The minimum atomic E-state index is -0.119. The molecule has 142 valence electrons. The Morgan fingerprint density at radius 3 is 2.56 bits per heavy atom. The number of nitrogens with zero attached hydrogens (tertiary/aromatic N) is 6. The molecule has 0 aliphatic carbocycles. The van der Waals surface area contributed by atoms with Crippen molar-refractivity contribution >= 4 is 16.9 Å². The van der Waals surface area contributed by atoms with Gasteiger partial charge in [-0.2, -0.15) is 5.10 Å². The topological polar surface area (TPSA) is 50.1 Å². The summed E-state index contributed by atoms with van der Waals surface area (Å²) in [5, 5.41) is 5.40. The van der Waals surface area contributed by atoms with Gasteiger partial charge < -0.3 is 4.90 Å². The third kappa shape index (κ3) is 3.30. The Morgan fingerprint density at radius 1 is 1.07 bits per heavy atom. The predicted octanol–water partition coefficient (Wildman–Crippen LogP) is 3.24. The van der Waals surface area contributed by atoms with Crippen molar-refractivity contribution in [2.45, 2.75) is 45.8 Å². The first kappa shape index (κ1) is 17.9. The minimum Gasteiger partial charge on any atom is -0.355 e. The van der Waals surface area contributed by atoms with Gasteiger partial charge in [0.15, 0.2) is 5.65 Å². The van der Waals surface area contributed by atoms with Crippen molar-refractivity contribution in [3.63, 3.8) is 0 Å². The molecule has 6 nitrogen and oxygen atoms in total. The molecule has 4 rings (SSSR count). The van der Waals surface area contributed by atoms with Crippen LogP contribution in [0.15, 0.2) is 24.4 Å². The summed E-state index contributed by atoms with van der Waals surface area (Å²) in [6, 6.07) is 6.84. The Bertz CT molecular complexity index is 998. The van der Waals surface area contributed by atoms with E-state index in [1.807, 2.05) is 17.9 Å². The fraction of sp³-hybridized carbons (Fsp3) is 0.476. The van der Waals surface area contributed by atoms with Crippen molar-refractivity contribution < 1.29 is 0 Å². The fourth-order valence-corrected chi connectivity index (χ4v) is 3.70. The Kier molecular flexibility index (Phi) is 4.18. The zero-order valence-electron chi connectivity index (χ0n) is 17.1. The van der Waals surface area contributed by atoms with Gasteiger partial charge in [0, 0.05) is 39.1 Å². The molecule has 2 aromatic heterocycles. The number of aryl methyl sites for hydroxylation is 1. The molecule has 0 bridgehead atoms. The SMILES string of the molecule is CN1Cc2ccc(CN(C)c3nc(C(C)(C)C)nc4c3cnn4C)cc2C1. The Hall–Kier alpha value is -2.47. The van der Waals surface area contributed by atoms with Crippen LogP contribution in [-0.4, -0.2) is 38.7 Å². The highest BCUT2D eigenvalue weighted by Gasteiger charge is 2.23. The summed E-state index contributed by atoms with van der Waals surface area (Å²) in [5.41, 5.74) is 4.95. The van der Waals surface area contributed by atoms with Crippen molar-refractivity contribution in [3.8, 4) is 0 Å². The van der Waals surface area contributed by atoms with Gasteiger partial charge in [-0.1, -0.05) is 39.0 Å². The quantitative estimate of drug-likeness (QED) is 0.714. The zero-order valence-corrected chi connectivity index (χ0v) is 17.1. The molecule has 0 spiro atoms. The average Bonchev–Trinajstić information content (AvgIpc) is 3.15. The molecule has 0 saturated carbocycles. The number of aromatic nitrogens is 4. The van der Waals surface area contributed by atoms with E-state index < -0.39 is 0 Å². The van der Waals surface area contributed by atoms with Gasteiger partial charge in [-0.05, 0) is 23.7 Å². The lowest BCUT2D eigenvalue weighted by Gasteiger charge is -2.23. The molecule has 0 amide bonds. The van der Waals surface area contributed by atoms with Crippen molar-refractivity contribution in [2.75, 3.05) is 19.0 Å². The van der Waals surface area contributed by atoms with Gasteiger partial charge in [-0.15, -0.1) is 0 Å². The molecule has 0 radical (unpaired) electrons. The summed E-state index contributed by atoms with van der Waals surface area (Å²) in [7, 11) is 6.20. The van der Waals surface area contributed by atoms with Crippen molar-refractivity contribution in [1.82, 2.24) is 24.6 Å². The van der Waals surface area contributed by atoms with Crippen LogP contribution in [0.2, 0.25) is 0 Å². The number of hydrogen-bond donors (Lipinski definition) is 0. The van der Waals surface area contributed by atoms with Crippen LogP contribution >= 0.6 is 0 Å². The molecule has 0 N–H and O–H groups in total. The van der Waals surface area contributed by atoms with Gasteiger partial charge in [0.05, 0.1) is 11.6 Å². The molecule has 1 aromatic carbocycles. The minimum absolute atomic E-state index is 0.119. The molecule has 27 heavy (non-hydrogen) atoms. The van der Waals surface area contributed by atoms with E-state index in [0.717, 1.165) is 42.3 Å². The molecular weight excluding hydrogens is 336 g/mol. The summed E-state index contributed by atoms with van der Waals surface area (Å²) in [4.78, 5) is 14.2. The monoisotopic (exact) mass is 364 g/mol. The molecule has 1 aliphatic heterocycles. The molecule has 0 fully saturated rings. The number of hydrogen-bond acceptors (Lipinski definition) is 5. The Morgan fingerprint density at radius 2 is 1.81 bits per heavy atom. The maximum Gasteiger partial charge on any atom is 0.163 e. The first-order valence-corrected chi connectivity index (χ1v) is 9.43. The second-order valence-electron chi connectivity index (χ2n) is 8.76. The van der Waals surface area contributed by atoms with Gasteiger partial charge in [0.25, 0.3) is 0 Å². The van der Waals surface area contributed by atoms with Crippen LogP contribution in [0.4, 0.5) is 5.82 Å². The van der Waals surface area contributed by atoms with Crippen LogP contribution in [0, 0.1) is 0 Å². The lowest BCUT2D eigenvalue weighted by molar-refractivity contribution is 0.353. The van der Waals surface area contributed by atoms with E-state index in [2.05, 4.69) is 68.0 Å². The second-order valence-corrected chi connectivity index (χ2v) is 8.76. The van der Waals surface area contributed by atoms with E-state index in [9.17, 15) is 0 Å². The van der Waals surface area contributed by atoms with E-state index in [1.54, 1.807) is 0 Å². The fourth-order valence-electron chi connectivity index (χ4n) is 3.70. The highest BCUT2D eigenvalue weighted by atomic mass is 15.3. The Labute approximate surface area is 160 Å². The second kappa shape index (κ2) is 6.30. The zero-order chi connectivity index (χ0) is 19.3. The third-order valence-corrected chi connectivity index (χ3v) is 5.18. The molecule has 3 heterocycles. The van der Waals surface area contributed by atoms with E-state index >= 15 is 0 Å². The van der Waals surface area contributed by atoms with Crippen LogP contribution < -0.4 is 4.90 Å². The molecule has 6 heteroatoms. The molecule has 0 atom stereocenters. The van der Waals surface area contributed by atoms with Gasteiger partial charge in [-0.3, -0.25) is 9.58 Å². The van der Waals surface area contributed by atoms with Crippen molar-refractivity contribution in [1.29, 1.82) is 0 Å². The van der Waals surface area contributed by atoms with Gasteiger partial charge in [0.1, 0.15) is 11.6 Å². The van der Waals surface area contributed by atoms with E-state index in [0.29, 0.717) is 0 Å². The lowest BCUT2D eigenvalue weighted by atomic mass is 9.95. The lowest BCUT2D eigenvalue weighted by Crippen LogP contribution is -2.22. The normalized spacial score (nSPS) is 14.7. The summed E-state index contributed by atoms with van der Waals surface area (Å²) < 4.78 is 1.83. The van der Waals surface area contributed by atoms with Gasteiger partial charge in [0.2, 0.25) is 0 Å². The van der Waals surface area contributed by atoms with Crippen LogP contribution in [0.3, 0.4) is 0 Å². The molecule has 1 aliphatic rings. The van der Waals surface area contributed by atoms with E-state index in [4.69, 9.17) is 9.97 Å². The first-order chi connectivity index (χ1) is 12.7. The molecular formula is C21H28N6. The van der Waals surface area contributed by atoms with Crippen LogP contribution in [-0.2, 0) is 32.1 Å². The molecule has 0 unspecified atom stereocenters. The number of rotatable bonds is 3. The maximum atomic E-state index is 4.92. The van der Waals surface area contributed by atoms with Crippen LogP contribution in [0.25, 0.3) is 11.0 Å². The summed E-state index contributed by atoms with van der Waals surface area (Å²) >= 11 is 0. The summed E-state index contributed by atoms with van der Waals surface area (Å²) in [5.74, 6) is 1.78. The Balaban J connectivity index is 1.70. The van der Waals surface area contributed by atoms with Crippen molar-refractivity contribution in [2.24, 2.45) is 7.05 Å². The van der Waals surface area contributed by atoms with Crippen LogP contribution in [0.1, 0.15) is 43.3 Å². The standard InChI is InChI=1S/C21H28N6/c1-21(2,3)20-23-18(17-10-22-27(6)19(17)24-20)26(5)11-14-7-8-15-12-25(4)13-16(15)9-14/h7-10H,11-13H2,1-6H3. The molecule has 0 saturated heterocycles. The first-order valence-electron chi connectivity index (χ1n) is 9.43. The molecule has 3 aromatic rings.